The van der Waals surface area contributed by atoms with Crippen LogP contribution in [0, 0.1) is 0 Å². The Balaban J connectivity index is 1.60. The molecule has 0 aliphatic heterocycles. The van der Waals surface area contributed by atoms with Gasteiger partial charge in [-0.2, -0.15) is 0 Å². The predicted molar refractivity (Wildman–Crippen MR) is 85.3 cm³/mol. The zero-order chi connectivity index (χ0) is 13.4. The first-order valence-corrected chi connectivity index (χ1v) is 8.70. The number of hydrogen-bond acceptors (Lipinski definition) is 2. The Morgan fingerprint density at radius 3 is 2.65 bits per heavy atom. The van der Waals surface area contributed by atoms with Gasteiger partial charge in [-0.15, -0.1) is 11.3 Å². The summed E-state index contributed by atoms with van der Waals surface area (Å²) >= 11 is 1.94. The van der Waals surface area contributed by atoms with Crippen LogP contribution < -0.4 is 5.32 Å². The van der Waals surface area contributed by atoms with Crippen molar-refractivity contribution >= 4 is 11.3 Å². The van der Waals surface area contributed by atoms with Crippen LogP contribution in [0.15, 0.2) is 35.7 Å². The lowest BCUT2D eigenvalue weighted by Gasteiger charge is -2.32. The van der Waals surface area contributed by atoms with E-state index in [1.807, 2.05) is 11.3 Å². The maximum atomic E-state index is 3.96. The van der Waals surface area contributed by atoms with Gasteiger partial charge < -0.3 is 5.32 Å². The second kappa shape index (κ2) is 5.34. The van der Waals surface area contributed by atoms with Crippen LogP contribution in [0.3, 0.4) is 0 Å². The molecule has 4 rings (SSSR count). The van der Waals surface area contributed by atoms with Gasteiger partial charge in [-0.3, -0.25) is 0 Å². The van der Waals surface area contributed by atoms with Gasteiger partial charge in [0.05, 0.1) is 0 Å². The quantitative estimate of drug-likeness (QED) is 0.835. The topological polar surface area (TPSA) is 12.0 Å². The first-order chi connectivity index (χ1) is 9.92. The molecule has 2 aromatic rings. The van der Waals surface area contributed by atoms with Crippen molar-refractivity contribution < 1.29 is 0 Å². The zero-order valence-electron chi connectivity index (χ0n) is 11.8. The fraction of sp³-hybridized carbons (Fsp3) is 0.444. The van der Waals surface area contributed by atoms with Gasteiger partial charge in [0.15, 0.2) is 0 Å². The van der Waals surface area contributed by atoms with Crippen LogP contribution in [0.2, 0.25) is 0 Å². The molecule has 1 nitrogen and oxygen atoms in total. The van der Waals surface area contributed by atoms with Gasteiger partial charge in [0.25, 0.3) is 0 Å². The van der Waals surface area contributed by atoms with Gasteiger partial charge in [0.2, 0.25) is 0 Å². The molecule has 2 aliphatic rings. The van der Waals surface area contributed by atoms with Crippen LogP contribution in [-0.4, -0.2) is 0 Å². The zero-order valence-corrected chi connectivity index (χ0v) is 12.6. The number of aryl methyl sites for hydroxylation is 2. The minimum absolute atomic E-state index is 0.552. The third-order valence-electron chi connectivity index (χ3n) is 4.82. The van der Waals surface area contributed by atoms with E-state index < -0.39 is 0 Å². The Morgan fingerprint density at radius 2 is 1.70 bits per heavy atom. The molecule has 0 saturated heterocycles. The van der Waals surface area contributed by atoms with E-state index in [2.05, 4.69) is 41.0 Å². The van der Waals surface area contributed by atoms with Crippen molar-refractivity contribution in [3.05, 3.63) is 57.3 Å². The smallest absolute Gasteiger partial charge is 0.0336 e. The fourth-order valence-corrected chi connectivity index (χ4v) is 4.82. The van der Waals surface area contributed by atoms with E-state index in [4.69, 9.17) is 0 Å². The maximum absolute atomic E-state index is 3.96. The normalized spacial score (nSPS) is 25.0. The summed E-state index contributed by atoms with van der Waals surface area (Å²) in [5.74, 6) is 0. The summed E-state index contributed by atoms with van der Waals surface area (Å²) in [6.07, 6.45) is 7.77. The SMILES string of the molecule is c1ccc2c(c1)CCCC2NC1CCCc2sccc21. The second-order valence-electron chi connectivity index (χ2n) is 6.05. The lowest BCUT2D eigenvalue weighted by molar-refractivity contribution is 0.371. The number of thiophene rings is 1. The number of hydrogen-bond donors (Lipinski definition) is 1. The lowest BCUT2D eigenvalue weighted by Crippen LogP contribution is -2.30. The molecule has 2 heteroatoms. The summed E-state index contributed by atoms with van der Waals surface area (Å²) in [6.45, 7) is 0. The Hall–Kier alpha value is -1.12. The number of benzene rings is 1. The molecule has 1 N–H and O–H groups in total. The molecule has 1 aromatic carbocycles. The summed E-state index contributed by atoms with van der Waals surface area (Å²) in [5, 5.41) is 6.23. The van der Waals surface area contributed by atoms with Gasteiger partial charge in [-0.1, -0.05) is 24.3 Å². The van der Waals surface area contributed by atoms with Crippen LogP contribution in [0.5, 0.6) is 0 Å². The summed E-state index contributed by atoms with van der Waals surface area (Å²) in [7, 11) is 0. The third-order valence-corrected chi connectivity index (χ3v) is 5.82. The van der Waals surface area contributed by atoms with E-state index in [-0.39, 0.29) is 0 Å². The Kier molecular flexibility index (Phi) is 3.37. The highest BCUT2D eigenvalue weighted by Crippen LogP contribution is 2.37. The van der Waals surface area contributed by atoms with Crippen LogP contribution in [0.25, 0.3) is 0 Å². The molecule has 0 radical (unpaired) electrons. The first-order valence-electron chi connectivity index (χ1n) is 7.82. The van der Waals surface area contributed by atoms with E-state index in [9.17, 15) is 0 Å². The molecule has 1 aromatic heterocycles. The van der Waals surface area contributed by atoms with Crippen molar-refractivity contribution in [2.45, 2.75) is 50.6 Å². The predicted octanol–water partition coefficient (Wildman–Crippen LogP) is 4.79. The molecule has 0 saturated carbocycles. The molecule has 0 fully saturated rings. The lowest BCUT2D eigenvalue weighted by atomic mass is 9.85. The molecular weight excluding hydrogens is 262 g/mol. The average Bonchev–Trinajstić information content (AvgIpc) is 2.97. The molecule has 0 spiro atoms. The molecule has 2 atom stereocenters. The van der Waals surface area contributed by atoms with Crippen LogP contribution in [-0.2, 0) is 12.8 Å². The highest BCUT2D eigenvalue weighted by molar-refractivity contribution is 7.10. The number of nitrogens with one attached hydrogen (secondary N) is 1. The minimum Gasteiger partial charge on any atom is -0.303 e. The largest absolute Gasteiger partial charge is 0.303 e. The molecule has 2 unspecified atom stereocenters. The molecule has 104 valence electrons. The van der Waals surface area contributed by atoms with Gasteiger partial charge >= 0.3 is 0 Å². The molecule has 20 heavy (non-hydrogen) atoms. The van der Waals surface area contributed by atoms with Crippen molar-refractivity contribution in [1.82, 2.24) is 5.32 Å². The van der Waals surface area contributed by atoms with E-state index in [0.29, 0.717) is 12.1 Å². The van der Waals surface area contributed by atoms with Crippen LogP contribution in [0.1, 0.15) is 59.3 Å². The fourth-order valence-electron chi connectivity index (χ4n) is 3.83. The Bertz CT molecular complexity index is 601. The van der Waals surface area contributed by atoms with E-state index >= 15 is 0 Å². The average molecular weight is 283 g/mol. The Morgan fingerprint density at radius 1 is 0.900 bits per heavy atom. The summed E-state index contributed by atoms with van der Waals surface area (Å²) in [6, 6.07) is 12.5. The standard InChI is InChI=1S/C18H21NS/c1-2-7-14-13(5-1)6-3-8-16(14)19-17-9-4-10-18-15(17)11-12-20-18/h1-2,5,7,11-12,16-17,19H,3-4,6,8-10H2. The van der Waals surface area contributed by atoms with Crippen molar-refractivity contribution in [2.75, 3.05) is 0 Å². The van der Waals surface area contributed by atoms with Crippen molar-refractivity contribution in [3.63, 3.8) is 0 Å². The van der Waals surface area contributed by atoms with E-state index in [1.165, 1.54) is 38.5 Å². The highest BCUT2D eigenvalue weighted by atomic mass is 32.1. The molecule has 2 aliphatic carbocycles. The van der Waals surface area contributed by atoms with Crippen molar-refractivity contribution in [2.24, 2.45) is 0 Å². The molecular formula is C18H21NS. The molecule has 0 amide bonds. The van der Waals surface area contributed by atoms with E-state index in [1.54, 1.807) is 21.6 Å². The highest BCUT2D eigenvalue weighted by Gasteiger charge is 2.26. The molecule has 1 heterocycles. The van der Waals surface area contributed by atoms with Gasteiger partial charge in [0.1, 0.15) is 0 Å². The second-order valence-corrected chi connectivity index (χ2v) is 7.05. The van der Waals surface area contributed by atoms with Crippen molar-refractivity contribution in [3.8, 4) is 0 Å². The minimum atomic E-state index is 0.552. The summed E-state index contributed by atoms with van der Waals surface area (Å²) in [5.41, 5.74) is 4.67. The summed E-state index contributed by atoms with van der Waals surface area (Å²) < 4.78 is 0. The number of rotatable bonds is 2. The van der Waals surface area contributed by atoms with Crippen LogP contribution >= 0.6 is 11.3 Å². The maximum Gasteiger partial charge on any atom is 0.0336 e. The van der Waals surface area contributed by atoms with Gasteiger partial charge in [-0.25, -0.2) is 0 Å². The van der Waals surface area contributed by atoms with Crippen molar-refractivity contribution in [1.29, 1.82) is 0 Å². The first kappa shape index (κ1) is 12.6. The van der Waals surface area contributed by atoms with E-state index in [0.717, 1.165) is 0 Å². The monoisotopic (exact) mass is 283 g/mol. The van der Waals surface area contributed by atoms with Crippen LogP contribution in [0.4, 0.5) is 0 Å². The summed E-state index contributed by atoms with van der Waals surface area (Å²) in [4.78, 5) is 1.61. The van der Waals surface area contributed by atoms with Gasteiger partial charge in [-0.05, 0) is 66.7 Å². The van der Waals surface area contributed by atoms with Gasteiger partial charge in [0, 0.05) is 17.0 Å². The Labute approximate surface area is 125 Å². The third kappa shape index (κ3) is 2.21. The number of fused-ring (bicyclic) bond motifs is 2. The molecule has 0 bridgehead atoms.